The predicted molar refractivity (Wildman–Crippen MR) is 121 cm³/mol. The molecule has 1 spiro atoms. The van der Waals surface area contributed by atoms with Crippen LogP contribution in [0.3, 0.4) is 0 Å². The van der Waals surface area contributed by atoms with Crippen molar-refractivity contribution in [2.75, 3.05) is 32.1 Å². The topological polar surface area (TPSA) is 135 Å². The molecule has 33 heavy (non-hydrogen) atoms. The quantitative estimate of drug-likeness (QED) is 0.528. The Kier molecular flexibility index (Phi) is 6.31. The number of likely N-dealkylation sites (tertiary alicyclic amines) is 1. The van der Waals surface area contributed by atoms with Crippen LogP contribution < -0.4 is 21.1 Å². The zero-order chi connectivity index (χ0) is 23.4. The summed E-state index contributed by atoms with van der Waals surface area (Å²) in [7, 11) is 1.56. The highest BCUT2D eigenvalue weighted by Crippen LogP contribution is 2.30. The highest BCUT2D eigenvalue weighted by atomic mass is 16.5. The first-order valence-electron chi connectivity index (χ1n) is 10.6. The second kappa shape index (κ2) is 9.33. The minimum atomic E-state index is -0.972. The van der Waals surface area contributed by atoms with E-state index in [2.05, 4.69) is 20.5 Å². The lowest BCUT2D eigenvalue weighted by molar-refractivity contribution is -0.135. The van der Waals surface area contributed by atoms with Crippen LogP contribution in [0.2, 0.25) is 0 Å². The molecule has 0 aliphatic carbocycles. The number of ether oxygens (including phenoxy) is 1. The van der Waals surface area contributed by atoms with E-state index < -0.39 is 17.5 Å². The number of hydrogen-bond donors (Lipinski definition) is 3. The molecule has 4 N–H and O–H groups in total. The number of carbonyl (C=O) groups is 3. The highest BCUT2D eigenvalue weighted by Gasteiger charge is 2.52. The molecule has 0 bridgehead atoms. The number of anilines is 1. The average molecular weight is 454 g/mol. The number of aromatic nitrogens is 2. The Morgan fingerprint density at radius 3 is 2.67 bits per heavy atom. The van der Waals surface area contributed by atoms with E-state index in [1.807, 2.05) is 10.8 Å². The van der Waals surface area contributed by atoms with Gasteiger partial charge in [0, 0.05) is 43.6 Å². The maximum atomic E-state index is 13.1. The molecule has 11 nitrogen and oxygen atoms in total. The van der Waals surface area contributed by atoms with Gasteiger partial charge < -0.3 is 25.7 Å². The van der Waals surface area contributed by atoms with Crippen LogP contribution in [0.5, 0.6) is 5.75 Å². The Bertz CT molecular complexity index is 1050. The first-order chi connectivity index (χ1) is 15.9. The number of amides is 4. The molecular weight excluding hydrogens is 426 g/mol. The van der Waals surface area contributed by atoms with Crippen molar-refractivity contribution < 1.29 is 19.1 Å². The summed E-state index contributed by atoms with van der Waals surface area (Å²) < 4.78 is 6.94. The number of imide groups is 1. The summed E-state index contributed by atoms with van der Waals surface area (Å²) in [5.74, 6) is 0.698. The molecule has 1 aromatic heterocycles. The molecule has 0 saturated carbocycles. The van der Waals surface area contributed by atoms with Gasteiger partial charge in [0.05, 0.1) is 13.7 Å². The predicted octanol–water partition coefficient (Wildman–Crippen LogP) is 0.804. The third kappa shape index (κ3) is 4.67. The smallest absolute Gasteiger partial charge is 0.325 e. The Morgan fingerprint density at radius 1 is 1.27 bits per heavy atom. The molecule has 2 fully saturated rings. The Balaban J connectivity index is 1.33. The molecular formula is C22H27N7O4. The molecule has 0 atom stereocenters. The molecule has 0 radical (unpaired) electrons. The van der Waals surface area contributed by atoms with Gasteiger partial charge in [0.15, 0.2) is 0 Å². The van der Waals surface area contributed by atoms with Crippen LogP contribution in [0.25, 0.3) is 6.20 Å². The molecule has 2 aliphatic heterocycles. The normalized spacial score (nSPS) is 18.2. The third-order valence-corrected chi connectivity index (χ3v) is 5.99. The summed E-state index contributed by atoms with van der Waals surface area (Å²) in [6, 6.07) is 6.26. The number of benzene rings is 1. The molecule has 1 aromatic carbocycles. The van der Waals surface area contributed by atoms with Gasteiger partial charge in [-0.1, -0.05) is 0 Å². The maximum absolute atomic E-state index is 13.1. The highest BCUT2D eigenvalue weighted by molar-refractivity contribution is 6.10. The zero-order valence-electron chi connectivity index (χ0n) is 18.4. The van der Waals surface area contributed by atoms with Crippen LogP contribution >= 0.6 is 0 Å². The monoisotopic (exact) mass is 453 g/mol. The number of nitrogens with two attached hydrogens (primary N) is 1. The van der Waals surface area contributed by atoms with E-state index in [4.69, 9.17) is 10.5 Å². The first kappa shape index (κ1) is 22.3. The molecule has 4 amide bonds. The van der Waals surface area contributed by atoms with E-state index in [0.717, 1.165) is 10.7 Å². The van der Waals surface area contributed by atoms with Crippen LogP contribution in [0.4, 0.5) is 10.5 Å². The van der Waals surface area contributed by atoms with Crippen LogP contribution in [0, 0.1) is 0 Å². The maximum Gasteiger partial charge on any atom is 0.325 e. The minimum absolute atomic E-state index is 0.342. The molecule has 3 heterocycles. The summed E-state index contributed by atoms with van der Waals surface area (Å²) in [5.41, 5.74) is 5.05. The Hall–Kier alpha value is -3.86. The molecule has 11 heteroatoms. The average Bonchev–Trinajstić information content (AvgIpc) is 3.34. The lowest BCUT2D eigenvalue weighted by atomic mass is 9.87. The van der Waals surface area contributed by atoms with E-state index in [1.54, 1.807) is 43.8 Å². The number of methoxy groups -OCH3 is 1. The molecule has 2 aromatic rings. The summed E-state index contributed by atoms with van der Waals surface area (Å²) >= 11 is 0. The second-order valence-electron chi connectivity index (χ2n) is 8.05. The number of imidazole rings is 1. The second-order valence-corrected chi connectivity index (χ2v) is 8.05. The summed E-state index contributed by atoms with van der Waals surface area (Å²) in [6.45, 7) is 1.47. The van der Waals surface area contributed by atoms with Gasteiger partial charge in [0.2, 0.25) is 5.91 Å². The van der Waals surface area contributed by atoms with E-state index >= 15 is 0 Å². The lowest BCUT2D eigenvalue weighted by Crippen LogP contribution is -2.55. The SMILES string of the molecule is COc1ccc(NC(=O)CN2C(=O)NC3(CCN(Cc4nccn4/C=C\N)CC3)C2=O)cc1. The fourth-order valence-electron chi connectivity index (χ4n) is 4.16. The van der Waals surface area contributed by atoms with Crippen LogP contribution in [0.15, 0.2) is 42.9 Å². The summed E-state index contributed by atoms with van der Waals surface area (Å²) in [4.78, 5) is 45.6. The standard InChI is InChI=1S/C22H27N7O4/c1-33-17-4-2-16(3-5-17)25-19(30)15-29-20(31)22(26-21(29)32)6-10-27(11-7-22)14-18-24-9-13-28(18)12-8-23/h2-5,8-9,12-13H,6-7,10-11,14-15,23H2,1H3,(H,25,30)(H,26,32)/b12-8-. The minimum Gasteiger partial charge on any atom is -0.497 e. The van der Waals surface area contributed by atoms with Crippen LogP contribution in [0.1, 0.15) is 18.7 Å². The fourth-order valence-corrected chi connectivity index (χ4v) is 4.16. The van der Waals surface area contributed by atoms with Crippen molar-refractivity contribution in [3.63, 3.8) is 0 Å². The van der Waals surface area contributed by atoms with E-state index in [0.29, 0.717) is 43.9 Å². The largest absolute Gasteiger partial charge is 0.497 e. The Morgan fingerprint density at radius 2 is 2.00 bits per heavy atom. The van der Waals surface area contributed by atoms with Gasteiger partial charge in [-0.25, -0.2) is 9.78 Å². The molecule has 4 rings (SSSR count). The summed E-state index contributed by atoms with van der Waals surface area (Å²) in [5, 5.41) is 5.53. The van der Waals surface area contributed by atoms with Gasteiger partial charge >= 0.3 is 6.03 Å². The molecule has 2 aliphatic rings. The Labute approximate surface area is 191 Å². The van der Waals surface area contributed by atoms with Crippen molar-refractivity contribution >= 4 is 29.7 Å². The van der Waals surface area contributed by atoms with Crippen molar-refractivity contribution in [1.82, 2.24) is 24.7 Å². The van der Waals surface area contributed by atoms with E-state index in [-0.39, 0.29) is 12.5 Å². The number of nitrogens with zero attached hydrogens (tertiary/aromatic N) is 4. The third-order valence-electron chi connectivity index (χ3n) is 5.99. The molecule has 2 saturated heterocycles. The summed E-state index contributed by atoms with van der Waals surface area (Å²) in [6.07, 6.45) is 7.62. The lowest BCUT2D eigenvalue weighted by Gasteiger charge is -2.37. The number of nitrogens with one attached hydrogen (secondary N) is 2. The molecule has 0 unspecified atom stereocenters. The van der Waals surface area contributed by atoms with Gasteiger partial charge in [-0.05, 0) is 37.1 Å². The number of piperidine rings is 1. The van der Waals surface area contributed by atoms with Gasteiger partial charge in [0.25, 0.3) is 5.91 Å². The van der Waals surface area contributed by atoms with Crippen molar-refractivity contribution in [3.8, 4) is 5.75 Å². The first-order valence-corrected chi connectivity index (χ1v) is 10.6. The van der Waals surface area contributed by atoms with Gasteiger partial charge in [-0.3, -0.25) is 19.4 Å². The number of hydrogen-bond acceptors (Lipinski definition) is 7. The zero-order valence-corrected chi connectivity index (χ0v) is 18.4. The molecule has 174 valence electrons. The van der Waals surface area contributed by atoms with Crippen molar-refractivity contribution in [1.29, 1.82) is 0 Å². The van der Waals surface area contributed by atoms with Crippen molar-refractivity contribution in [2.45, 2.75) is 24.9 Å². The van der Waals surface area contributed by atoms with E-state index in [9.17, 15) is 14.4 Å². The van der Waals surface area contributed by atoms with Gasteiger partial charge in [-0.2, -0.15) is 0 Å². The van der Waals surface area contributed by atoms with Crippen LogP contribution in [-0.4, -0.2) is 69.5 Å². The van der Waals surface area contributed by atoms with Gasteiger partial charge in [-0.15, -0.1) is 0 Å². The number of carbonyl (C=O) groups excluding carboxylic acids is 3. The number of rotatable bonds is 7. The number of urea groups is 1. The van der Waals surface area contributed by atoms with Crippen molar-refractivity contribution in [2.24, 2.45) is 5.73 Å². The fraction of sp³-hybridized carbons (Fsp3) is 0.364. The van der Waals surface area contributed by atoms with E-state index in [1.165, 1.54) is 6.20 Å². The van der Waals surface area contributed by atoms with Gasteiger partial charge in [0.1, 0.15) is 23.7 Å². The van der Waals surface area contributed by atoms with Crippen molar-refractivity contribution in [3.05, 3.63) is 48.7 Å². The van der Waals surface area contributed by atoms with Crippen LogP contribution in [-0.2, 0) is 16.1 Å².